The van der Waals surface area contributed by atoms with Crippen LogP contribution in [0.2, 0.25) is 0 Å². The van der Waals surface area contributed by atoms with E-state index in [-0.39, 0.29) is 11.6 Å². The molecule has 17 heavy (non-hydrogen) atoms. The average molecular weight is 250 g/mol. The third-order valence-corrected chi connectivity index (χ3v) is 3.27. The Kier molecular flexibility index (Phi) is 3.19. The topological polar surface area (TPSA) is 33.2 Å². The third-order valence-electron chi connectivity index (χ3n) is 2.35. The van der Waals surface area contributed by atoms with Crippen molar-refractivity contribution in [2.75, 3.05) is 11.9 Å². The van der Waals surface area contributed by atoms with Gasteiger partial charge in [-0.05, 0) is 12.1 Å². The first kappa shape index (κ1) is 11.7. The number of hydrogen-bond acceptors (Lipinski definition) is 4. The van der Waals surface area contributed by atoms with Gasteiger partial charge in [0.25, 0.3) is 0 Å². The van der Waals surface area contributed by atoms with Crippen LogP contribution in [0.15, 0.2) is 29.6 Å². The number of rotatable bonds is 3. The van der Waals surface area contributed by atoms with Gasteiger partial charge in [-0.1, -0.05) is 12.1 Å². The predicted octanol–water partition coefficient (Wildman–Crippen LogP) is 3.25. The second kappa shape index (κ2) is 4.63. The summed E-state index contributed by atoms with van der Waals surface area (Å²) < 4.78 is 13.6. The lowest BCUT2D eigenvalue weighted by molar-refractivity contribution is 0.101. The molecule has 3 nitrogen and oxygen atoms in total. The van der Waals surface area contributed by atoms with Crippen LogP contribution in [0.5, 0.6) is 0 Å². The standard InChI is InChI=1S/C12H11FN2OS/c1-8(16)10-7-17-12(14-10)15(2)11-6-4-3-5-9(11)13/h3-7H,1-2H3. The molecule has 2 rings (SSSR count). The molecule has 2 aromatic rings. The van der Waals surface area contributed by atoms with E-state index in [1.165, 1.54) is 24.3 Å². The molecule has 0 bridgehead atoms. The molecule has 0 aliphatic carbocycles. The number of nitrogens with zero attached hydrogens (tertiary/aromatic N) is 2. The normalized spacial score (nSPS) is 10.3. The molecule has 0 unspecified atom stereocenters. The van der Waals surface area contributed by atoms with E-state index >= 15 is 0 Å². The second-order valence-corrected chi connectivity index (χ2v) is 4.42. The molecule has 88 valence electrons. The van der Waals surface area contributed by atoms with Gasteiger partial charge in [-0.3, -0.25) is 4.79 Å². The minimum Gasteiger partial charge on any atom is -0.318 e. The smallest absolute Gasteiger partial charge is 0.190 e. The number of benzene rings is 1. The summed E-state index contributed by atoms with van der Waals surface area (Å²) in [5.41, 5.74) is 0.852. The van der Waals surface area contributed by atoms with E-state index in [9.17, 15) is 9.18 Å². The molecule has 0 N–H and O–H groups in total. The van der Waals surface area contributed by atoms with Crippen LogP contribution in [-0.2, 0) is 0 Å². The summed E-state index contributed by atoms with van der Waals surface area (Å²) in [6.45, 7) is 1.46. The number of halogens is 1. The Morgan fingerprint density at radius 1 is 1.41 bits per heavy atom. The fourth-order valence-electron chi connectivity index (χ4n) is 1.41. The first-order valence-electron chi connectivity index (χ1n) is 5.04. The molecule has 1 aromatic carbocycles. The minimum absolute atomic E-state index is 0.0885. The van der Waals surface area contributed by atoms with Crippen LogP contribution in [0.25, 0.3) is 0 Å². The lowest BCUT2D eigenvalue weighted by Gasteiger charge is -2.16. The molecule has 0 fully saturated rings. The lowest BCUT2D eigenvalue weighted by Crippen LogP contribution is -2.11. The van der Waals surface area contributed by atoms with Gasteiger partial charge in [0, 0.05) is 19.4 Å². The Morgan fingerprint density at radius 2 is 2.12 bits per heavy atom. The third kappa shape index (κ3) is 2.34. The van der Waals surface area contributed by atoms with Gasteiger partial charge in [0.15, 0.2) is 10.9 Å². The number of carbonyl (C=O) groups is 1. The number of aromatic nitrogens is 1. The molecule has 0 spiro atoms. The Balaban J connectivity index is 2.34. The summed E-state index contributed by atoms with van der Waals surface area (Å²) in [7, 11) is 1.72. The van der Waals surface area contributed by atoms with Crippen molar-refractivity contribution in [2.45, 2.75) is 6.92 Å². The van der Waals surface area contributed by atoms with Gasteiger partial charge in [-0.15, -0.1) is 11.3 Å². The number of hydrogen-bond donors (Lipinski definition) is 0. The van der Waals surface area contributed by atoms with Crippen molar-refractivity contribution >= 4 is 27.9 Å². The Hall–Kier alpha value is -1.75. The largest absolute Gasteiger partial charge is 0.318 e. The summed E-state index contributed by atoms with van der Waals surface area (Å²) in [4.78, 5) is 16.9. The van der Waals surface area contributed by atoms with Crippen LogP contribution in [0.3, 0.4) is 0 Å². The van der Waals surface area contributed by atoms with E-state index in [1.807, 2.05) is 0 Å². The summed E-state index contributed by atoms with van der Waals surface area (Å²) in [5.74, 6) is -0.399. The van der Waals surface area contributed by atoms with Gasteiger partial charge in [-0.2, -0.15) is 0 Å². The van der Waals surface area contributed by atoms with Gasteiger partial charge in [-0.25, -0.2) is 9.37 Å². The highest BCUT2D eigenvalue weighted by molar-refractivity contribution is 7.14. The maximum atomic E-state index is 13.6. The molecule has 1 heterocycles. The SMILES string of the molecule is CC(=O)c1csc(N(C)c2ccccc2F)n1. The molecular weight excluding hydrogens is 239 g/mol. The lowest BCUT2D eigenvalue weighted by atomic mass is 10.3. The highest BCUT2D eigenvalue weighted by Gasteiger charge is 2.13. The Bertz CT molecular complexity index is 553. The van der Waals surface area contributed by atoms with Crippen LogP contribution < -0.4 is 4.90 Å². The molecule has 0 aliphatic heterocycles. The zero-order valence-corrected chi connectivity index (χ0v) is 10.3. The van der Waals surface area contributed by atoms with Crippen molar-refractivity contribution in [1.29, 1.82) is 0 Å². The molecule has 0 saturated carbocycles. The van der Waals surface area contributed by atoms with Gasteiger partial charge >= 0.3 is 0 Å². The highest BCUT2D eigenvalue weighted by Crippen LogP contribution is 2.28. The van der Waals surface area contributed by atoms with Crippen molar-refractivity contribution in [3.8, 4) is 0 Å². The van der Waals surface area contributed by atoms with E-state index in [4.69, 9.17) is 0 Å². The number of ketones is 1. The van der Waals surface area contributed by atoms with Crippen LogP contribution in [0.4, 0.5) is 15.2 Å². The van der Waals surface area contributed by atoms with Crippen molar-refractivity contribution in [1.82, 2.24) is 4.98 Å². The van der Waals surface area contributed by atoms with E-state index in [1.54, 1.807) is 35.5 Å². The quantitative estimate of drug-likeness (QED) is 0.784. The first-order valence-corrected chi connectivity index (χ1v) is 5.92. The summed E-state index contributed by atoms with van der Waals surface area (Å²) in [6.07, 6.45) is 0. The summed E-state index contributed by atoms with van der Waals surface area (Å²) >= 11 is 1.32. The van der Waals surface area contributed by atoms with Crippen LogP contribution >= 0.6 is 11.3 Å². The first-order chi connectivity index (χ1) is 8.09. The number of carbonyl (C=O) groups excluding carboxylic acids is 1. The predicted molar refractivity (Wildman–Crippen MR) is 66.6 cm³/mol. The molecule has 0 atom stereocenters. The van der Waals surface area contributed by atoms with E-state index in [2.05, 4.69) is 4.98 Å². The Morgan fingerprint density at radius 3 is 2.71 bits per heavy atom. The second-order valence-electron chi connectivity index (χ2n) is 3.58. The monoisotopic (exact) mass is 250 g/mol. The van der Waals surface area contributed by atoms with Crippen molar-refractivity contribution < 1.29 is 9.18 Å². The van der Waals surface area contributed by atoms with E-state index < -0.39 is 0 Å². The van der Waals surface area contributed by atoms with Gasteiger partial charge in [0.1, 0.15) is 11.5 Å². The summed E-state index contributed by atoms with van der Waals surface area (Å²) in [5, 5.41) is 2.27. The molecule has 0 amide bonds. The zero-order chi connectivity index (χ0) is 12.4. The van der Waals surface area contributed by atoms with Crippen molar-refractivity contribution in [2.24, 2.45) is 0 Å². The maximum Gasteiger partial charge on any atom is 0.190 e. The minimum atomic E-state index is -0.311. The highest BCUT2D eigenvalue weighted by atomic mass is 32.1. The van der Waals surface area contributed by atoms with E-state index in [0.29, 0.717) is 16.5 Å². The van der Waals surface area contributed by atoms with Gasteiger partial charge in [0.2, 0.25) is 0 Å². The summed E-state index contributed by atoms with van der Waals surface area (Å²) in [6, 6.07) is 6.46. The van der Waals surface area contributed by atoms with Crippen LogP contribution in [-0.4, -0.2) is 17.8 Å². The maximum absolute atomic E-state index is 13.6. The van der Waals surface area contributed by atoms with Crippen molar-refractivity contribution in [3.63, 3.8) is 0 Å². The molecule has 0 saturated heterocycles. The fraction of sp³-hybridized carbons (Fsp3) is 0.167. The molecule has 5 heteroatoms. The number of para-hydroxylation sites is 1. The van der Waals surface area contributed by atoms with E-state index in [0.717, 1.165) is 0 Å². The van der Waals surface area contributed by atoms with Crippen LogP contribution in [0.1, 0.15) is 17.4 Å². The fourth-order valence-corrected chi connectivity index (χ4v) is 2.25. The number of Topliss-reactive ketones (excluding diaryl/α,β-unsaturated/α-hetero) is 1. The molecule has 0 aliphatic rings. The molecular formula is C12H11FN2OS. The van der Waals surface area contributed by atoms with Crippen LogP contribution in [0, 0.1) is 5.82 Å². The van der Waals surface area contributed by atoms with Gasteiger partial charge < -0.3 is 4.90 Å². The average Bonchev–Trinajstić information content (AvgIpc) is 2.78. The number of anilines is 2. The van der Waals surface area contributed by atoms with Crippen molar-refractivity contribution in [3.05, 3.63) is 41.2 Å². The molecule has 0 radical (unpaired) electrons. The molecule has 1 aromatic heterocycles. The number of thiazole rings is 1. The zero-order valence-electron chi connectivity index (χ0n) is 9.48. The Labute approximate surface area is 103 Å². The van der Waals surface area contributed by atoms with Gasteiger partial charge in [0.05, 0.1) is 5.69 Å².